The van der Waals surface area contributed by atoms with E-state index in [9.17, 15) is 24.3 Å². The van der Waals surface area contributed by atoms with Crippen LogP contribution in [0.1, 0.15) is 171 Å². The highest BCUT2D eigenvalue weighted by atomic mass is 16.6. The predicted octanol–water partition coefficient (Wildman–Crippen LogP) is 13.7. The summed E-state index contributed by atoms with van der Waals surface area (Å²) in [6.07, 6.45) is 18.7. The molecule has 4 aromatic carbocycles. The average molecular weight is 1070 g/mol. The number of hydrogen-bond acceptors (Lipinski definition) is 11. The van der Waals surface area contributed by atoms with Gasteiger partial charge in [-0.1, -0.05) is 145 Å². The van der Waals surface area contributed by atoms with E-state index in [1.807, 2.05) is 98.8 Å². The Morgan fingerprint density at radius 2 is 0.962 bits per heavy atom. The molecule has 0 unspecified atom stereocenters. The fourth-order valence-electron chi connectivity index (χ4n) is 13.2. The highest BCUT2D eigenvalue weighted by Gasteiger charge is 2.46. The van der Waals surface area contributed by atoms with Crippen LogP contribution in [-0.4, -0.2) is 60.5 Å². The van der Waals surface area contributed by atoms with Crippen molar-refractivity contribution in [3.05, 3.63) is 130 Å². The maximum absolute atomic E-state index is 12.3. The molecule has 2 saturated carbocycles. The van der Waals surface area contributed by atoms with E-state index in [-0.39, 0.29) is 68.6 Å². The van der Waals surface area contributed by atoms with Crippen molar-refractivity contribution in [3.8, 4) is 11.5 Å². The van der Waals surface area contributed by atoms with Gasteiger partial charge in [0.2, 0.25) is 0 Å². The molecule has 4 aliphatic rings. The lowest BCUT2D eigenvalue weighted by Gasteiger charge is -2.33. The van der Waals surface area contributed by atoms with E-state index in [0.717, 1.165) is 125 Å². The molecule has 11 nitrogen and oxygen atoms in total. The molecule has 4 aromatic rings. The first-order valence-corrected chi connectivity index (χ1v) is 29.9. The number of carbonyl (C=O) groups is 4. The molecule has 0 radical (unpaired) electrons. The molecule has 424 valence electrons. The summed E-state index contributed by atoms with van der Waals surface area (Å²) >= 11 is 0. The predicted molar refractivity (Wildman–Crippen MR) is 304 cm³/mol. The van der Waals surface area contributed by atoms with E-state index in [1.54, 1.807) is 0 Å². The Labute approximate surface area is 465 Å². The van der Waals surface area contributed by atoms with E-state index < -0.39 is 5.97 Å². The van der Waals surface area contributed by atoms with E-state index in [0.29, 0.717) is 48.3 Å². The number of esters is 4. The third kappa shape index (κ3) is 17.7. The molecule has 11 heteroatoms. The second kappa shape index (κ2) is 31.2. The van der Waals surface area contributed by atoms with Crippen molar-refractivity contribution in [2.24, 2.45) is 41.4 Å². The van der Waals surface area contributed by atoms with Crippen molar-refractivity contribution >= 4 is 23.9 Å². The number of unbranched alkanes of at least 4 members (excludes halogenated alkanes) is 4. The molecule has 0 heterocycles. The Bertz CT molecular complexity index is 2300. The molecule has 0 spiro atoms. The van der Waals surface area contributed by atoms with Crippen molar-refractivity contribution < 1.29 is 52.7 Å². The van der Waals surface area contributed by atoms with Gasteiger partial charge in [0.15, 0.2) is 13.2 Å². The normalized spacial score (nSPS) is 22.4. The lowest BCUT2D eigenvalue weighted by atomic mass is 9.73. The molecule has 1 N–H and O–H groups in total. The topological polar surface area (TPSA) is 144 Å². The zero-order valence-electron chi connectivity index (χ0n) is 47.5. The van der Waals surface area contributed by atoms with Gasteiger partial charge in [-0.15, -0.1) is 0 Å². The maximum Gasteiger partial charge on any atom is 0.344 e. The average Bonchev–Trinajstić information content (AvgIpc) is 4.12. The molecule has 8 rings (SSSR count). The number of aliphatic hydroxyl groups excluding tert-OH is 1. The van der Waals surface area contributed by atoms with Gasteiger partial charge in [-0.05, 0) is 177 Å². The molecule has 0 bridgehead atoms. The summed E-state index contributed by atoms with van der Waals surface area (Å²) in [7, 11) is 0. The van der Waals surface area contributed by atoms with Crippen LogP contribution >= 0.6 is 0 Å². The van der Waals surface area contributed by atoms with Gasteiger partial charge >= 0.3 is 23.9 Å². The number of carbonyl (C=O) groups excluding carboxylic acids is 4. The van der Waals surface area contributed by atoms with Crippen LogP contribution in [0.5, 0.6) is 11.5 Å². The molecule has 78 heavy (non-hydrogen) atoms. The Hall–Kier alpha value is -5.68. The van der Waals surface area contributed by atoms with Crippen LogP contribution in [0.15, 0.2) is 97.1 Å². The number of rotatable bonds is 28. The fraction of sp³-hybridized carbons (Fsp3) is 0.582. The quantitative estimate of drug-likeness (QED) is 0.0330. The molecule has 10 atom stereocenters. The highest BCUT2D eigenvalue weighted by Crippen LogP contribution is 2.52. The number of fused-ring (bicyclic) bond motifs is 4. The largest absolute Gasteiger partial charge is 0.482 e. The first-order valence-electron chi connectivity index (χ1n) is 29.9. The molecule has 0 saturated heterocycles. The molecule has 0 aromatic heterocycles. The van der Waals surface area contributed by atoms with Gasteiger partial charge in [0.25, 0.3) is 0 Å². The monoisotopic (exact) mass is 1070 g/mol. The summed E-state index contributed by atoms with van der Waals surface area (Å²) in [5.41, 5.74) is 6.91. The summed E-state index contributed by atoms with van der Waals surface area (Å²) in [6, 6.07) is 31.6. The Kier molecular flexibility index (Phi) is 24.0. The third-order valence-electron chi connectivity index (χ3n) is 17.3. The van der Waals surface area contributed by atoms with Gasteiger partial charge in [0.05, 0.1) is 6.10 Å². The van der Waals surface area contributed by atoms with E-state index in [1.165, 1.54) is 36.0 Å². The van der Waals surface area contributed by atoms with E-state index >= 15 is 0 Å². The highest BCUT2D eigenvalue weighted by molar-refractivity contribution is 5.72. The van der Waals surface area contributed by atoms with Gasteiger partial charge < -0.3 is 33.5 Å². The van der Waals surface area contributed by atoms with Crippen LogP contribution in [0, 0.1) is 41.4 Å². The van der Waals surface area contributed by atoms with Crippen molar-refractivity contribution in [3.63, 3.8) is 0 Å². The summed E-state index contributed by atoms with van der Waals surface area (Å²) in [4.78, 5) is 48.7. The zero-order valence-corrected chi connectivity index (χ0v) is 47.5. The van der Waals surface area contributed by atoms with Crippen molar-refractivity contribution in [1.29, 1.82) is 0 Å². The minimum Gasteiger partial charge on any atom is -0.482 e. The van der Waals surface area contributed by atoms with E-state index in [2.05, 4.69) is 32.9 Å². The fourth-order valence-corrected chi connectivity index (χ4v) is 13.2. The van der Waals surface area contributed by atoms with Crippen molar-refractivity contribution in [1.82, 2.24) is 0 Å². The Morgan fingerprint density at radius 1 is 0.513 bits per heavy atom. The van der Waals surface area contributed by atoms with Crippen LogP contribution in [0.3, 0.4) is 0 Å². The van der Waals surface area contributed by atoms with Crippen LogP contribution in [0.4, 0.5) is 0 Å². The van der Waals surface area contributed by atoms with Crippen LogP contribution in [-0.2, 0) is 77.0 Å². The van der Waals surface area contributed by atoms with Crippen LogP contribution in [0.25, 0.3) is 0 Å². The Morgan fingerprint density at radius 3 is 1.42 bits per heavy atom. The molecule has 0 aliphatic heterocycles. The van der Waals surface area contributed by atoms with Gasteiger partial charge in [0, 0.05) is 12.8 Å². The molecular formula is C67H90O11. The SMILES string of the molecule is CCCCC[C@@H](CC[C@@H]1[C@H]2Cc3cccc(OCC(=O)OCc4ccccc4)c3C[C@H]2C[C@H]1C)OC(=O)CC.CCCCC[C@@H](CC[C@@H]1[C@H]2Cc3cccc(OCC(=O)OCc4ccccc4)c3C[C@H]2C[C@H]1O)OC(=O)CC. The second-order valence-corrected chi connectivity index (χ2v) is 22.7. The standard InChI is InChI=1S/C34H46O5.C33H44O6/c1-4-6-8-15-28(39-33(35)5-2)17-18-29-24(3)19-27-21-31-26(20-30(27)29)14-11-16-32(31)37-23-34(36)38-22-25-12-9-7-10-13-25;1-3-5-7-14-26(39-32(35)4-2)16-17-27-28-18-24-13-10-15-31(29(24)19-25(28)20-30(27)34)37-22-33(36)38-21-23-11-8-6-9-12-23/h7,9-14,16,24,27-30H,4-6,8,15,17-23H2,1-3H3;6,8-13,15,25-28,30,34H,3-5,7,14,16-22H2,1-2H3/t24-,27-,28+,29+,30+;25-,26-,27+,28-,30+/m10/s1. The van der Waals surface area contributed by atoms with Gasteiger partial charge in [0.1, 0.15) is 36.9 Å². The number of ether oxygens (including phenoxy) is 6. The zero-order chi connectivity index (χ0) is 55.2. The molecular weight excluding hydrogens is 981 g/mol. The summed E-state index contributed by atoms with van der Waals surface area (Å²) in [5, 5.41) is 11.1. The van der Waals surface area contributed by atoms with Crippen LogP contribution in [0.2, 0.25) is 0 Å². The smallest absolute Gasteiger partial charge is 0.344 e. The maximum atomic E-state index is 12.3. The summed E-state index contributed by atoms with van der Waals surface area (Å²) < 4.78 is 34.3. The van der Waals surface area contributed by atoms with Gasteiger partial charge in [-0.25, -0.2) is 9.59 Å². The first kappa shape index (κ1) is 60.0. The van der Waals surface area contributed by atoms with Gasteiger partial charge in [-0.3, -0.25) is 9.59 Å². The van der Waals surface area contributed by atoms with Crippen molar-refractivity contribution in [2.45, 2.75) is 195 Å². The number of aliphatic hydroxyl groups is 1. The lowest BCUT2D eigenvalue weighted by molar-refractivity contribution is -0.150. The minimum absolute atomic E-state index is 0.0489. The first-order chi connectivity index (χ1) is 38.0. The van der Waals surface area contributed by atoms with E-state index in [4.69, 9.17) is 28.4 Å². The molecule has 0 amide bonds. The number of benzene rings is 4. The number of hydrogen-bond donors (Lipinski definition) is 1. The third-order valence-corrected chi connectivity index (χ3v) is 17.3. The van der Waals surface area contributed by atoms with Crippen molar-refractivity contribution in [2.75, 3.05) is 13.2 Å². The molecule has 4 aliphatic carbocycles. The Balaban J connectivity index is 0.000000226. The minimum atomic E-state index is -0.390. The second-order valence-electron chi connectivity index (χ2n) is 22.7. The lowest BCUT2D eigenvalue weighted by Crippen LogP contribution is -2.29. The van der Waals surface area contributed by atoms with Crippen LogP contribution < -0.4 is 9.47 Å². The molecule has 2 fully saturated rings. The summed E-state index contributed by atoms with van der Waals surface area (Å²) in [6.45, 7) is 10.8. The summed E-state index contributed by atoms with van der Waals surface area (Å²) in [5.74, 6) is 4.18. The van der Waals surface area contributed by atoms with Gasteiger partial charge in [-0.2, -0.15) is 0 Å².